The van der Waals surface area contributed by atoms with Crippen molar-refractivity contribution in [1.82, 2.24) is 10.3 Å². The predicted octanol–water partition coefficient (Wildman–Crippen LogP) is 4.22. The maximum absolute atomic E-state index is 12.5. The number of carbonyl (C=O) groups is 1. The number of thiazole rings is 1. The first-order valence-electron chi connectivity index (χ1n) is 9.62. The number of hydrogen-bond acceptors (Lipinski definition) is 5. The van der Waals surface area contributed by atoms with Crippen LogP contribution in [0.1, 0.15) is 24.1 Å². The highest BCUT2D eigenvalue weighted by atomic mass is 32.1. The quantitative estimate of drug-likeness (QED) is 0.606. The van der Waals surface area contributed by atoms with Crippen molar-refractivity contribution in [2.24, 2.45) is 0 Å². The highest BCUT2D eigenvalue weighted by Gasteiger charge is 2.44. The molecule has 1 N–H and O–H groups in total. The zero-order valence-corrected chi connectivity index (χ0v) is 17.4. The van der Waals surface area contributed by atoms with Crippen molar-refractivity contribution in [3.05, 3.63) is 65.2 Å². The van der Waals surface area contributed by atoms with E-state index < -0.39 is 0 Å². The maximum atomic E-state index is 12.5. The van der Waals surface area contributed by atoms with Crippen molar-refractivity contribution < 1.29 is 14.3 Å². The van der Waals surface area contributed by atoms with Crippen LogP contribution in [0.5, 0.6) is 11.5 Å². The summed E-state index contributed by atoms with van der Waals surface area (Å²) < 4.78 is 10.6. The molecular weight excluding hydrogens is 384 g/mol. The zero-order valence-electron chi connectivity index (χ0n) is 16.6. The number of hydrogen-bond donors (Lipinski definition) is 1. The number of rotatable bonds is 8. The van der Waals surface area contributed by atoms with Gasteiger partial charge >= 0.3 is 0 Å². The van der Waals surface area contributed by atoms with Gasteiger partial charge in [0, 0.05) is 22.9 Å². The Balaban J connectivity index is 1.37. The molecule has 29 heavy (non-hydrogen) atoms. The first-order valence-corrected chi connectivity index (χ1v) is 10.5. The minimum absolute atomic E-state index is 0.0105. The molecule has 0 saturated heterocycles. The molecule has 3 aromatic rings. The summed E-state index contributed by atoms with van der Waals surface area (Å²) in [6, 6.07) is 16.1. The average molecular weight is 409 g/mol. The van der Waals surface area contributed by atoms with Crippen LogP contribution in [0.15, 0.2) is 53.9 Å². The Hall–Kier alpha value is -2.86. The lowest BCUT2D eigenvalue weighted by Gasteiger charge is -2.16. The van der Waals surface area contributed by atoms with Crippen LogP contribution in [0, 0.1) is 0 Å². The van der Waals surface area contributed by atoms with Gasteiger partial charge in [0.2, 0.25) is 5.91 Å². The van der Waals surface area contributed by atoms with Gasteiger partial charge in [0.25, 0.3) is 0 Å². The zero-order chi connectivity index (χ0) is 20.3. The second-order valence-electron chi connectivity index (χ2n) is 7.31. The molecule has 1 amide bonds. The van der Waals surface area contributed by atoms with Gasteiger partial charge in [0.15, 0.2) is 11.5 Å². The summed E-state index contributed by atoms with van der Waals surface area (Å²) in [5.74, 6) is 1.35. The number of nitrogens with zero attached hydrogens (tertiary/aromatic N) is 1. The van der Waals surface area contributed by atoms with Crippen molar-refractivity contribution >= 4 is 17.2 Å². The van der Waals surface area contributed by atoms with Crippen LogP contribution in [0.25, 0.3) is 10.6 Å². The fourth-order valence-electron chi connectivity index (χ4n) is 3.49. The molecule has 0 bridgehead atoms. The van der Waals surface area contributed by atoms with E-state index in [9.17, 15) is 4.79 Å². The Morgan fingerprint density at radius 3 is 2.55 bits per heavy atom. The van der Waals surface area contributed by atoms with Crippen LogP contribution >= 0.6 is 11.3 Å². The van der Waals surface area contributed by atoms with E-state index in [-0.39, 0.29) is 17.7 Å². The maximum Gasteiger partial charge on any atom is 0.226 e. The molecule has 2 aromatic carbocycles. The lowest BCUT2D eigenvalue weighted by Crippen LogP contribution is -2.33. The monoisotopic (exact) mass is 408 g/mol. The van der Waals surface area contributed by atoms with Crippen molar-refractivity contribution in [3.8, 4) is 22.1 Å². The molecule has 1 aliphatic rings. The van der Waals surface area contributed by atoms with Gasteiger partial charge in [-0.25, -0.2) is 4.98 Å². The molecule has 4 rings (SSSR count). The summed E-state index contributed by atoms with van der Waals surface area (Å²) in [6.45, 7) is 0.683. The molecule has 1 fully saturated rings. The number of nitrogens with one attached hydrogen (secondary N) is 1. The van der Waals surface area contributed by atoms with Crippen molar-refractivity contribution in [1.29, 1.82) is 0 Å². The Kier molecular flexibility index (Phi) is 5.53. The first kappa shape index (κ1) is 19.5. The molecule has 1 heterocycles. The van der Waals surface area contributed by atoms with E-state index in [0.717, 1.165) is 29.1 Å². The minimum Gasteiger partial charge on any atom is -0.493 e. The molecule has 0 unspecified atom stereocenters. The topological polar surface area (TPSA) is 60.5 Å². The number of aromatic nitrogens is 1. The summed E-state index contributed by atoms with van der Waals surface area (Å²) in [7, 11) is 3.22. The standard InChI is InChI=1S/C23H24N2O3S/c1-27-19-9-8-16(12-20(19)28-2)22-25-18(14-29-22)13-21(26)24-15-23(10-11-23)17-6-4-3-5-7-17/h3-9,12,14H,10-11,13,15H2,1-2H3,(H,24,26). The molecule has 0 aliphatic heterocycles. The lowest BCUT2D eigenvalue weighted by atomic mass is 9.96. The molecule has 150 valence electrons. The summed E-state index contributed by atoms with van der Waals surface area (Å²) in [5, 5.41) is 5.90. The van der Waals surface area contributed by atoms with Crippen molar-refractivity contribution in [3.63, 3.8) is 0 Å². The van der Waals surface area contributed by atoms with Crippen LogP contribution < -0.4 is 14.8 Å². The van der Waals surface area contributed by atoms with E-state index >= 15 is 0 Å². The molecule has 0 radical (unpaired) electrons. The Bertz CT molecular complexity index is 996. The fraction of sp³-hybridized carbons (Fsp3) is 0.304. The number of carbonyl (C=O) groups excluding carboxylic acids is 1. The van der Waals surface area contributed by atoms with E-state index in [0.29, 0.717) is 18.0 Å². The van der Waals surface area contributed by atoms with Crippen molar-refractivity contribution in [2.45, 2.75) is 24.7 Å². The minimum atomic E-state index is 0.0105. The number of ether oxygens (including phenoxy) is 2. The summed E-state index contributed by atoms with van der Waals surface area (Å²) >= 11 is 1.52. The third kappa shape index (κ3) is 4.27. The Morgan fingerprint density at radius 2 is 1.86 bits per heavy atom. The third-order valence-electron chi connectivity index (χ3n) is 5.39. The fourth-order valence-corrected chi connectivity index (χ4v) is 4.31. The second kappa shape index (κ2) is 8.25. The van der Waals surface area contributed by atoms with Gasteiger partial charge in [-0.05, 0) is 36.6 Å². The predicted molar refractivity (Wildman–Crippen MR) is 115 cm³/mol. The van der Waals surface area contributed by atoms with Gasteiger partial charge < -0.3 is 14.8 Å². The molecule has 1 aliphatic carbocycles. The molecular formula is C23H24N2O3S. The molecule has 6 heteroatoms. The number of amides is 1. The SMILES string of the molecule is COc1ccc(-c2nc(CC(=O)NCC3(c4ccccc4)CC3)cs2)cc1OC. The molecule has 1 saturated carbocycles. The van der Waals surface area contributed by atoms with E-state index in [2.05, 4.69) is 34.6 Å². The molecule has 0 spiro atoms. The second-order valence-corrected chi connectivity index (χ2v) is 8.17. The molecule has 0 atom stereocenters. The number of benzene rings is 2. The first-order chi connectivity index (χ1) is 14.1. The van der Waals surface area contributed by atoms with Crippen LogP contribution in [0.4, 0.5) is 0 Å². The van der Waals surface area contributed by atoms with Crippen LogP contribution in [0.3, 0.4) is 0 Å². The van der Waals surface area contributed by atoms with Gasteiger partial charge in [-0.15, -0.1) is 11.3 Å². The van der Waals surface area contributed by atoms with Gasteiger partial charge in [-0.1, -0.05) is 30.3 Å². The van der Waals surface area contributed by atoms with Crippen LogP contribution in [-0.4, -0.2) is 31.7 Å². The van der Waals surface area contributed by atoms with Gasteiger partial charge in [-0.3, -0.25) is 4.79 Å². The lowest BCUT2D eigenvalue weighted by molar-refractivity contribution is -0.120. The van der Waals surface area contributed by atoms with E-state index in [4.69, 9.17) is 9.47 Å². The normalized spacial score (nSPS) is 14.3. The van der Waals surface area contributed by atoms with E-state index in [1.807, 2.05) is 29.6 Å². The Morgan fingerprint density at radius 1 is 1.10 bits per heavy atom. The highest BCUT2D eigenvalue weighted by Crippen LogP contribution is 2.47. The summed E-state index contributed by atoms with van der Waals surface area (Å²) in [6.07, 6.45) is 2.53. The highest BCUT2D eigenvalue weighted by molar-refractivity contribution is 7.13. The van der Waals surface area contributed by atoms with E-state index in [1.54, 1.807) is 14.2 Å². The largest absolute Gasteiger partial charge is 0.493 e. The van der Waals surface area contributed by atoms with Gasteiger partial charge in [0.05, 0.1) is 26.3 Å². The van der Waals surface area contributed by atoms with E-state index in [1.165, 1.54) is 16.9 Å². The third-order valence-corrected chi connectivity index (χ3v) is 6.33. The molecule has 1 aromatic heterocycles. The van der Waals surface area contributed by atoms with Crippen LogP contribution in [-0.2, 0) is 16.6 Å². The Labute approximate surface area is 174 Å². The van der Waals surface area contributed by atoms with Crippen LogP contribution in [0.2, 0.25) is 0 Å². The smallest absolute Gasteiger partial charge is 0.226 e. The summed E-state index contributed by atoms with van der Waals surface area (Å²) in [4.78, 5) is 17.1. The molecule has 5 nitrogen and oxygen atoms in total. The summed E-state index contributed by atoms with van der Waals surface area (Å²) in [5.41, 5.74) is 3.15. The van der Waals surface area contributed by atoms with Gasteiger partial charge in [0.1, 0.15) is 5.01 Å². The van der Waals surface area contributed by atoms with Crippen molar-refractivity contribution in [2.75, 3.05) is 20.8 Å². The number of methoxy groups -OCH3 is 2. The average Bonchev–Trinajstić information content (AvgIpc) is 3.43. The van der Waals surface area contributed by atoms with Gasteiger partial charge in [-0.2, -0.15) is 0 Å².